The minimum atomic E-state index is -4.73. The molecule has 3 rings (SSSR count). The maximum atomic E-state index is 13.0. The van der Waals surface area contributed by atoms with E-state index in [4.69, 9.17) is 11.6 Å². The molecular weight excluding hydrogens is 438 g/mol. The summed E-state index contributed by atoms with van der Waals surface area (Å²) >= 11 is 5.83. The minimum Gasteiger partial charge on any atom is -0.478 e. The Hall–Kier alpha value is -3.44. The number of hydrogen-bond donors (Lipinski definition) is 3. The van der Waals surface area contributed by atoms with Crippen molar-refractivity contribution < 1.29 is 23.1 Å². The predicted molar refractivity (Wildman–Crippen MR) is 109 cm³/mol. The average molecular weight is 452 g/mol. The second kappa shape index (κ2) is 7.76. The Bertz CT molecular complexity index is 1420. The molecule has 1 heterocycles. The van der Waals surface area contributed by atoms with Gasteiger partial charge in [0, 0.05) is 11.4 Å². The highest BCUT2D eigenvalue weighted by Gasteiger charge is 2.25. The van der Waals surface area contributed by atoms with Crippen molar-refractivity contribution in [1.82, 2.24) is 8.96 Å². The summed E-state index contributed by atoms with van der Waals surface area (Å²) in [6, 6.07) is 6.70. The molecule has 0 bridgehead atoms. The molecule has 2 aromatic carbocycles. The molecule has 0 saturated heterocycles. The molecule has 3 aromatic rings. The van der Waals surface area contributed by atoms with E-state index < -0.39 is 38.0 Å². The summed E-state index contributed by atoms with van der Waals surface area (Å²) in [4.78, 5) is 49.9. The van der Waals surface area contributed by atoms with Crippen LogP contribution in [0.15, 0.2) is 50.9 Å². The van der Waals surface area contributed by atoms with Gasteiger partial charge in [-0.05, 0) is 36.4 Å². The van der Waals surface area contributed by atoms with Crippen molar-refractivity contribution in [2.24, 2.45) is 0 Å². The second-order valence-corrected chi connectivity index (χ2v) is 8.33. The lowest BCUT2D eigenvalue weighted by Gasteiger charge is -2.12. The van der Waals surface area contributed by atoms with Crippen LogP contribution in [-0.4, -0.2) is 34.4 Å². The van der Waals surface area contributed by atoms with Crippen LogP contribution in [0.3, 0.4) is 0 Å². The average Bonchev–Trinajstić information content (AvgIpc) is 2.66. The highest BCUT2D eigenvalue weighted by molar-refractivity contribution is 7.90. The predicted octanol–water partition coefficient (Wildman–Crippen LogP) is 1.63. The Labute approximate surface area is 173 Å². The van der Waals surface area contributed by atoms with Gasteiger partial charge in [-0.1, -0.05) is 18.5 Å². The monoisotopic (exact) mass is 451 g/mol. The molecule has 0 fully saturated rings. The number of anilines is 1. The van der Waals surface area contributed by atoms with Gasteiger partial charge in [-0.25, -0.2) is 18.0 Å². The lowest BCUT2D eigenvalue weighted by atomic mass is 10.1. The van der Waals surface area contributed by atoms with Crippen LogP contribution >= 0.6 is 11.6 Å². The maximum absolute atomic E-state index is 13.0. The number of H-pyrrole nitrogens is 1. The van der Waals surface area contributed by atoms with Crippen LogP contribution in [0.2, 0.25) is 5.02 Å². The quantitative estimate of drug-likeness (QED) is 0.532. The van der Waals surface area contributed by atoms with Crippen molar-refractivity contribution in [2.45, 2.75) is 18.2 Å². The Morgan fingerprint density at radius 3 is 2.50 bits per heavy atom. The number of nitrogens with one attached hydrogen (secondary N) is 2. The van der Waals surface area contributed by atoms with Crippen molar-refractivity contribution in [2.75, 3.05) is 5.32 Å². The summed E-state index contributed by atoms with van der Waals surface area (Å²) in [6.45, 7) is 1.52. The fourth-order valence-corrected chi connectivity index (χ4v) is 4.18. The van der Waals surface area contributed by atoms with E-state index in [-0.39, 0.29) is 37.6 Å². The van der Waals surface area contributed by atoms with E-state index in [9.17, 15) is 32.7 Å². The van der Waals surface area contributed by atoms with Crippen molar-refractivity contribution in [3.63, 3.8) is 0 Å². The molecule has 0 aliphatic heterocycles. The number of hydrogen-bond acceptors (Lipinski definition) is 6. The number of carbonyl (C=O) groups excluding carboxylic acids is 1. The zero-order valence-electron chi connectivity index (χ0n) is 15.3. The summed E-state index contributed by atoms with van der Waals surface area (Å²) in [7, 11) is -4.73. The first-order valence-electron chi connectivity index (χ1n) is 8.43. The molecule has 0 radical (unpaired) electrons. The van der Waals surface area contributed by atoms with E-state index >= 15 is 0 Å². The Morgan fingerprint density at radius 2 is 1.87 bits per heavy atom. The molecule has 0 aliphatic carbocycles. The van der Waals surface area contributed by atoms with Gasteiger partial charge in [-0.2, -0.15) is 0 Å². The van der Waals surface area contributed by atoms with Crippen LogP contribution in [0.1, 0.15) is 23.7 Å². The summed E-state index contributed by atoms with van der Waals surface area (Å²) < 4.78 is 26.1. The zero-order chi connectivity index (χ0) is 22.2. The molecule has 0 aliphatic rings. The number of halogens is 1. The van der Waals surface area contributed by atoms with Crippen LogP contribution in [0.4, 0.5) is 5.69 Å². The Balaban J connectivity index is 2.26. The first kappa shape index (κ1) is 21.3. The van der Waals surface area contributed by atoms with Crippen molar-refractivity contribution in [3.05, 3.63) is 67.8 Å². The lowest BCUT2D eigenvalue weighted by molar-refractivity contribution is -0.115. The molecule has 3 N–H and O–H groups in total. The van der Waals surface area contributed by atoms with E-state index in [1.807, 2.05) is 0 Å². The zero-order valence-corrected chi connectivity index (χ0v) is 16.9. The SMILES string of the molecule is CCC(=O)Nc1cc(S(=O)(=O)n2c(=O)[nH]c3cc(Cl)ccc3c2=O)ccc1C(=O)O. The van der Waals surface area contributed by atoms with Gasteiger partial charge in [-0.3, -0.25) is 9.59 Å². The van der Waals surface area contributed by atoms with Gasteiger partial charge >= 0.3 is 11.7 Å². The van der Waals surface area contributed by atoms with Gasteiger partial charge in [0.2, 0.25) is 5.91 Å². The molecule has 10 nitrogen and oxygen atoms in total. The number of aromatic amines is 1. The number of aromatic nitrogens is 2. The van der Waals surface area contributed by atoms with Crippen molar-refractivity contribution in [1.29, 1.82) is 0 Å². The van der Waals surface area contributed by atoms with E-state index in [1.165, 1.54) is 25.1 Å². The van der Waals surface area contributed by atoms with Crippen LogP contribution in [0.5, 0.6) is 0 Å². The van der Waals surface area contributed by atoms with Gasteiger partial charge in [-0.15, -0.1) is 3.97 Å². The number of amides is 1. The summed E-state index contributed by atoms with van der Waals surface area (Å²) in [5, 5.41) is 11.7. The Kier molecular flexibility index (Phi) is 5.51. The molecule has 0 atom stereocenters. The number of rotatable bonds is 5. The third kappa shape index (κ3) is 3.72. The number of fused-ring (bicyclic) bond motifs is 1. The third-order valence-corrected chi connectivity index (χ3v) is 6.07. The largest absolute Gasteiger partial charge is 0.478 e. The number of benzene rings is 2. The van der Waals surface area contributed by atoms with Gasteiger partial charge in [0.1, 0.15) is 0 Å². The smallest absolute Gasteiger partial charge is 0.343 e. The van der Waals surface area contributed by atoms with E-state index in [2.05, 4.69) is 10.3 Å². The van der Waals surface area contributed by atoms with Gasteiger partial charge in [0.15, 0.2) is 0 Å². The summed E-state index contributed by atoms with van der Waals surface area (Å²) in [6.07, 6.45) is 0.0163. The first-order chi connectivity index (χ1) is 14.1. The number of aromatic carboxylic acids is 1. The maximum Gasteiger partial charge on any atom is 0.343 e. The van der Waals surface area contributed by atoms with E-state index in [0.29, 0.717) is 0 Å². The molecular formula is C18H14ClN3O7S. The third-order valence-electron chi connectivity index (χ3n) is 4.18. The minimum absolute atomic E-state index is 0.0163. The number of carboxylic acids is 1. The molecule has 0 saturated carbocycles. The van der Waals surface area contributed by atoms with E-state index in [1.54, 1.807) is 0 Å². The topological polar surface area (TPSA) is 155 Å². The summed E-state index contributed by atoms with van der Waals surface area (Å²) in [5.74, 6) is -1.95. The van der Waals surface area contributed by atoms with Crippen LogP contribution in [0.25, 0.3) is 10.9 Å². The molecule has 156 valence electrons. The van der Waals surface area contributed by atoms with Crippen molar-refractivity contribution >= 4 is 50.1 Å². The number of carboxylic acid groups (broad SMARTS) is 1. The highest BCUT2D eigenvalue weighted by atomic mass is 35.5. The fourth-order valence-electron chi connectivity index (χ4n) is 2.71. The van der Waals surface area contributed by atoms with Crippen molar-refractivity contribution in [3.8, 4) is 0 Å². The Morgan fingerprint density at radius 1 is 1.17 bits per heavy atom. The normalized spacial score (nSPS) is 11.4. The second-order valence-electron chi connectivity index (χ2n) is 6.11. The number of nitrogens with zero attached hydrogens (tertiary/aromatic N) is 1. The van der Waals surface area contributed by atoms with Crippen LogP contribution in [0, 0.1) is 0 Å². The molecule has 0 unspecified atom stereocenters. The molecule has 0 spiro atoms. The summed E-state index contributed by atoms with van der Waals surface area (Å²) in [5.41, 5.74) is -2.92. The first-order valence-corrected chi connectivity index (χ1v) is 10.3. The standard InChI is InChI=1S/C18H14ClN3O7S/c1-2-15(23)20-14-8-10(4-6-12(14)17(25)26)30(28,29)22-16(24)11-5-3-9(19)7-13(11)21-18(22)27/h3-8H,2H2,1H3,(H,20,23)(H,21,27)(H,25,26). The van der Waals surface area contributed by atoms with Gasteiger partial charge in [0.05, 0.1) is 27.0 Å². The molecule has 1 aromatic heterocycles. The van der Waals surface area contributed by atoms with Crippen LogP contribution < -0.4 is 16.6 Å². The van der Waals surface area contributed by atoms with Gasteiger partial charge in [0.25, 0.3) is 15.6 Å². The van der Waals surface area contributed by atoms with Crippen LogP contribution in [-0.2, 0) is 14.8 Å². The van der Waals surface area contributed by atoms with Gasteiger partial charge < -0.3 is 15.4 Å². The molecule has 12 heteroatoms. The molecule has 30 heavy (non-hydrogen) atoms. The lowest BCUT2D eigenvalue weighted by Crippen LogP contribution is -2.40. The molecule has 1 amide bonds. The van der Waals surface area contributed by atoms with E-state index in [0.717, 1.165) is 18.2 Å². The highest BCUT2D eigenvalue weighted by Crippen LogP contribution is 2.23. The number of carbonyl (C=O) groups is 2. The fraction of sp³-hybridized carbons (Fsp3) is 0.111.